The smallest absolute Gasteiger partial charge is 0.274 e. The molecule has 6 heteroatoms. The van der Waals surface area contributed by atoms with Gasteiger partial charge in [0.05, 0.1) is 12.6 Å². The van der Waals surface area contributed by atoms with E-state index in [9.17, 15) is 9.59 Å². The normalized spacial score (nSPS) is 16.7. The molecule has 0 unspecified atom stereocenters. The fourth-order valence-corrected chi connectivity index (χ4v) is 3.91. The van der Waals surface area contributed by atoms with Crippen LogP contribution in [0.15, 0.2) is 36.8 Å². The van der Waals surface area contributed by atoms with Crippen molar-refractivity contribution in [2.24, 2.45) is 0 Å². The van der Waals surface area contributed by atoms with Gasteiger partial charge in [0.1, 0.15) is 5.69 Å². The molecule has 2 heterocycles. The standard InChI is InChI=1S/C21H24N4O2/c26-20(14-16-5-6-17-3-1-2-4-18(17)13-16)24-9-11-25(12-10-24)21(27)19-15-22-7-8-23-19/h5-8,13,15H,1-4,9-12,14H2. The summed E-state index contributed by atoms with van der Waals surface area (Å²) in [4.78, 5) is 36.7. The van der Waals surface area contributed by atoms with E-state index in [1.807, 2.05) is 4.90 Å². The zero-order valence-electron chi connectivity index (χ0n) is 15.4. The molecule has 6 nitrogen and oxygen atoms in total. The fraction of sp³-hybridized carbons (Fsp3) is 0.429. The SMILES string of the molecule is O=C(Cc1ccc2c(c1)CCCC2)N1CCN(C(=O)c2cnccn2)CC1. The van der Waals surface area contributed by atoms with Crippen molar-refractivity contribution in [3.05, 3.63) is 59.2 Å². The van der Waals surface area contributed by atoms with E-state index in [0.29, 0.717) is 38.3 Å². The molecule has 27 heavy (non-hydrogen) atoms. The summed E-state index contributed by atoms with van der Waals surface area (Å²) < 4.78 is 0. The number of aryl methyl sites for hydroxylation is 2. The quantitative estimate of drug-likeness (QED) is 0.834. The highest BCUT2D eigenvalue weighted by Gasteiger charge is 2.25. The molecule has 1 aliphatic carbocycles. The third-order valence-corrected chi connectivity index (χ3v) is 5.47. The maximum Gasteiger partial charge on any atom is 0.274 e. The minimum absolute atomic E-state index is 0.120. The van der Waals surface area contributed by atoms with Gasteiger partial charge in [-0.05, 0) is 42.4 Å². The van der Waals surface area contributed by atoms with Crippen molar-refractivity contribution >= 4 is 11.8 Å². The number of fused-ring (bicyclic) bond motifs is 1. The Labute approximate surface area is 159 Å². The van der Waals surface area contributed by atoms with E-state index in [0.717, 1.165) is 18.4 Å². The highest BCUT2D eigenvalue weighted by Crippen LogP contribution is 2.22. The second-order valence-corrected chi connectivity index (χ2v) is 7.25. The lowest BCUT2D eigenvalue weighted by Crippen LogP contribution is -2.51. The number of aromatic nitrogens is 2. The van der Waals surface area contributed by atoms with Gasteiger partial charge in [0.15, 0.2) is 0 Å². The fourth-order valence-electron chi connectivity index (χ4n) is 3.91. The first-order valence-corrected chi connectivity index (χ1v) is 9.64. The summed E-state index contributed by atoms with van der Waals surface area (Å²) >= 11 is 0. The number of piperazine rings is 1. The van der Waals surface area contributed by atoms with Crippen LogP contribution >= 0.6 is 0 Å². The highest BCUT2D eigenvalue weighted by molar-refractivity contribution is 5.92. The molecule has 1 saturated heterocycles. The molecule has 0 saturated carbocycles. The molecule has 2 aromatic rings. The Hall–Kier alpha value is -2.76. The van der Waals surface area contributed by atoms with Crippen LogP contribution in [0.1, 0.15) is 40.0 Å². The van der Waals surface area contributed by atoms with Crippen LogP contribution < -0.4 is 0 Å². The van der Waals surface area contributed by atoms with Crippen LogP contribution in [0, 0.1) is 0 Å². The van der Waals surface area contributed by atoms with E-state index in [2.05, 4.69) is 28.2 Å². The van der Waals surface area contributed by atoms with Crippen molar-refractivity contribution in [1.29, 1.82) is 0 Å². The maximum atomic E-state index is 12.7. The lowest BCUT2D eigenvalue weighted by molar-refractivity contribution is -0.131. The topological polar surface area (TPSA) is 66.4 Å². The van der Waals surface area contributed by atoms with Gasteiger partial charge < -0.3 is 9.80 Å². The third kappa shape index (κ3) is 3.99. The first kappa shape index (κ1) is 17.6. The zero-order chi connectivity index (χ0) is 18.6. The molecule has 2 aliphatic rings. The van der Waals surface area contributed by atoms with Crippen molar-refractivity contribution in [2.45, 2.75) is 32.1 Å². The van der Waals surface area contributed by atoms with Gasteiger partial charge >= 0.3 is 0 Å². The number of nitrogens with zero attached hydrogens (tertiary/aromatic N) is 4. The first-order valence-electron chi connectivity index (χ1n) is 9.64. The largest absolute Gasteiger partial charge is 0.339 e. The van der Waals surface area contributed by atoms with Gasteiger partial charge in [0, 0.05) is 38.6 Å². The summed E-state index contributed by atoms with van der Waals surface area (Å²) in [6.07, 6.45) is 9.78. The molecule has 0 N–H and O–H groups in total. The summed E-state index contributed by atoms with van der Waals surface area (Å²) in [6.45, 7) is 2.20. The van der Waals surface area contributed by atoms with Crippen molar-refractivity contribution in [2.75, 3.05) is 26.2 Å². The molecule has 1 aromatic carbocycles. The number of amides is 2. The van der Waals surface area contributed by atoms with Crippen molar-refractivity contribution in [1.82, 2.24) is 19.8 Å². The Bertz CT molecular complexity index is 829. The average Bonchev–Trinajstić information content (AvgIpc) is 2.74. The second kappa shape index (κ2) is 7.86. The molecule has 1 aliphatic heterocycles. The molecule has 0 bridgehead atoms. The summed E-state index contributed by atoms with van der Waals surface area (Å²) in [5.41, 5.74) is 4.30. The van der Waals surface area contributed by atoms with E-state index in [-0.39, 0.29) is 11.8 Å². The summed E-state index contributed by atoms with van der Waals surface area (Å²) in [6, 6.07) is 6.49. The van der Waals surface area contributed by atoms with E-state index < -0.39 is 0 Å². The zero-order valence-corrected chi connectivity index (χ0v) is 15.4. The van der Waals surface area contributed by atoms with Crippen LogP contribution in [-0.4, -0.2) is 57.8 Å². The van der Waals surface area contributed by atoms with E-state index in [1.165, 1.54) is 36.4 Å². The van der Waals surface area contributed by atoms with Gasteiger partial charge in [0.2, 0.25) is 5.91 Å². The summed E-state index contributed by atoms with van der Waals surface area (Å²) in [5.74, 6) is 0.0160. The number of rotatable bonds is 3. The monoisotopic (exact) mass is 364 g/mol. The molecule has 1 aromatic heterocycles. The molecule has 2 amide bonds. The second-order valence-electron chi connectivity index (χ2n) is 7.25. The minimum Gasteiger partial charge on any atom is -0.339 e. The van der Waals surface area contributed by atoms with Gasteiger partial charge in [-0.2, -0.15) is 0 Å². The lowest BCUT2D eigenvalue weighted by Gasteiger charge is -2.34. The summed E-state index contributed by atoms with van der Waals surface area (Å²) in [7, 11) is 0. The molecule has 0 atom stereocenters. The van der Waals surface area contributed by atoms with Crippen LogP contribution in [0.25, 0.3) is 0 Å². The molecular weight excluding hydrogens is 340 g/mol. The van der Waals surface area contributed by atoms with Crippen LogP contribution in [0.4, 0.5) is 0 Å². The van der Waals surface area contributed by atoms with Gasteiger partial charge in [-0.15, -0.1) is 0 Å². The van der Waals surface area contributed by atoms with Gasteiger partial charge in [-0.25, -0.2) is 4.98 Å². The van der Waals surface area contributed by atoms with Gasteiger partial charge in [-0.3, -0.25) is 14.6 Å². The number of benzene rings is 1. The summed E-state index contributed by atoms with van der Waals surface area (Å²) in [5, 5.41) is 0. The Morgan fingerprint density at radius 3 is 2.41 bits per heavy atom. The Balaban J connectivity index is 1.33. The lowest BCUT2D eigenvalue weighted by atomic mass is 9.90. The average molecular weight is 364 g/mol. The predicted octanol–water partition coefficient (Wildman–Crippen LogP) is 1.88. The predicted molar refractivity (Wildman–Crippen MR) is 101 cm³/mol. The number of hydrogen-bond acceptors (Lipinski definition) is 4. The van der Waals surface area contributed by atoms with E-state index >= 15 is 0 Å². The molecule has 1 fully saturated rings. The maximum absolute atomic E-state index is 12.7. The molecule has 0 radical (unpaired) electrons. The van der Waals surface area contributed by atoms with Crippen molar-refractivity contribution in [3.63, 3.8) is 0 Å². The van der Waals surface area contributed by atoms with Crippen molar-refractivity contribution < 1.29 is 9.59 Å². The highest BCUT2D eigenvalue weighted by atomic mass is 16.2. The molecule has 140 valence electrons. The van der Waals surface area contributed by atoms with E-state index in [1.54, 1.807) is 11.1 Å². The van der Waals surface area contributed by atoms with Crippen LogP contribution in [0.3, 0.4) is 0 Å². The molecule has 0 spiro atoms. The molecular formula is C21H24N4O2. The first-order chi connectivity index (χ1) is 13.2. The Morgan fingerprint density at radius 1 is 0.926 bits per heavy atom. The van der Waals surface area contributed by atoms with Crippen LogP contribution in [0.5, 0.6) is 0 Å². The minimum atomic E-state index is -0.120. The number of hydrogen-bond donors (Lipinski definition) is 0. The number of carbonyl (C=O) groups excluding carboxylic acids is 2. The third-order valence-electron chi connectivity index (χ3n) is 5.47. The Morgan fingerprint density at radius 2 is 1.67 bits per heavy atom. The molecule has 4 rings (SSSR count). The van der Waals surface area contributed by atoms with Crippen molar-refractivity contribution in [3.8, 4) is 0 Å². The van der Waals surface area contributed by atoms with E-state index in [4.69, 9.17) is 0 Å². The van der Waals surface area contributed by atoms with Crippen LogP contribution in [-0.2, 0) is 24.1 Å². The Kier molecular flexibility index (Phi) is 5.14. The van der Waals surface area contributed by atoms with Crippen LogP contribution in [0.2, 0.25) is 0 Å². The number of carbonyl (C=O) groups is 2. The van der Waals surface area contributed by atoms with Gasteiger partial charge in [-0.1, -0.05) is 18.2 Å². The van der Waals surface area contributed by atoms with Gasteiger partial charge in [0.25, 0.3) is 5.91 Å².